The first-order valence-corrected chi connectivity index (χ1v) is 9.12. The van der Waals surface area contributed by atoms with E-state index in [1.165, 1.54) is 41.9 Å². The van der Waals surface area contributed by atoms with Crippen LogP contribution in [0.15, 0.2) is 12.1 Å². The maximum absolute atomic E-state index is 3.73. The molecule has 0 spiro atoms. The van der Waals surface area contributed by atoms with Gasteiger partial charge in [-0.25, -0.2) is 0 Å². The fourth-order valence-corrected chi connectivity index (χ4v) is 4.32. The van der Waals surface area contributed by atoms with E-state index in [1.807, 2.05) is 11.3 Å². The monoisotopic (exact) mass is 308 g/mol. The normalized spacial score (nSPS) is 19.1. The van der Waals surface area contributed by atoms with Crippen LogP contribution in [0.3, 0.4) is 0 Å². The molecule has 0 amide bonds. The Labute approximate surface area is 134 Å². The highest BCUT2D eigenvalue weighted by molar-refractivity contribution is 7.12. The second-order valence-electron chi connectivity index (χ2n) is 7.80. The summed E-state index contributed by atoms with van der Waals surface area (Å²) >= 11 is 1.96. The maximum atomic E-state index is 3.73. The van der Waals surface area contributed by atoms with Crippen LogP contribution in [0, 0.1) is 0 Å². The number of thiophene rings is 1. The van der Waals surface area contributed by atoms with Crippen molar-refractivity contribution in [2.45, 2.75) is 70.4 Å². The molecule has 21 heavy (non-hydrogen) atoms. The van der Waals surface area contributed by atoms with E-state index in [2.05, 4.69) is 57.2 Å². The molecular weight excluding hydrogens is 276 g/mol. The van der Waals surface area contributed by atoms with E-state index in [-0.39, 0.29) is 5.41 Å². The van der Waals surface area contributed by atoms with Crippen molar-refractivity contribution in [3.05, 3.63) is 21.9 Å². The highest BCUT2D eigenvalue weighted by Gasteiger charge is 2.33. The molecule has 1 aliphatic carbocycles. The number of nitrogens with one attached hydrogen (secondary N) is 1. The molecule has 1 fully saturated rings. The van der Waals surface area contributed by atoms with Crippen LogP contribution in [0.5, 0.6) is 0 Å². The summed E-state index contributed by atoms with van der Waals surface area (Å²) < 4.78 is 0. The van der Waals surface area contributed by atoms with Gasteiger partial charge in [0.1, 0.15) is 0 Å². The Morgan fingerprint density at radius 1 is 1.14 bits per heavy atom. The van der Waals surface area contributed by atoms with Crippen molar-refractivity contribution < 1.29 is 0 Å². The van der Waals surface area contributed by atoms with E-state index in [1.54, 1.807) is 0 Å². The summed E-state index contributed by atoms with van der Waals surface area (Å²) in [5.74, 6) is 0. The Morgan fingerprint density at radius 3 is 2.33 bits per heavy atom. The molecule has 0 unspecified atom stereocenters. The molecule has 0 bridgehead atoms. The summed E-state index contributed by atoms with van der Waals surface area (Å²) in [5, 5.41) is 3.73. The Balaban J connectivity index is 1.89. The van der Waals surface area contributed by atoms with Crippen LogP contribution in [0.1, 0.15) is 62.6 Å². The number of rotatable bonds is 5. The number of hydrogen-bond donors (Lipinski definition) is 1. The quantitative estimate of drug-likeness (QED) is 0.867. The van der Waals surface area contributed by atoms with E-state index >= 15 is 0 Å². The third kappa shape index (κ3) is 4.30. The fraction of sp³-hybridized carbons (Fsp3) is 0.778. The summed E-state index contributed by atoms with van der Waals surface area (Å²) in [6.45, 7) is 9.00. The molecule has 0 radical (unpaired) electrons. The van der Waals surface area contributed by atoms with E-state index in [0.717, 1.165) is 13.1 Å². The Hall–Kier alpha value is -0.380. The maximum Gasteiger partial charge on any atom is 0.0328 e. The van der Waals surface area contributed by atoms with Crippen LogP contribution < -0.4 is 5.32 Å². The van der Waals surface area contributed by atoms with Gasteiger partial charge in [0, 0.05) is 28.4 Å². The molecule has 0 aliphatic heterocycles. The van der Waals surface area contributed by atoms with Gasteiger partial charge < -0.3 is 10.2 Å². The van der Waals surface area contributed by atoms with Crippen molar-refractivity contribution in [2.24, 2.45) is 0 Å². The highest BCUT2D eigenvalue weighted by atomic mass is 32.1. The lowest BCUT2D eigenvalue weighted by Gasteiger charge is -2.43. The molecule has 1 saturated carbocycles. The zero-order valence-electron chi connectivity index (χ0n) is 14.5. The van der Waals surface area contributed by atoms with Gasteiger partial charge in [-0.05, 0) is 44.5 Å². The third-order valence-corrected chi connectivity index (χ3v) is 6.40. The van der Waals surface area contributed by atoms with Crippen molar-refractivity contribution in [1.82, 2.24) is 10.2 Å². The lowest BCUT2D eigenvalue weighted by molar-refractivity contribution is 0.0985. The first-order valence-electron chi connectivity index (χ1n) is 8.31. The van der Waals surface area contributed by atoms with Crippen LogP contribution in [0.2, 0.25) is 0 Å². The lowest BCUT2D eigenvalue weighted by Crippen LogP contribution is -2.52. The summed E-state index contributed by atoms with van der Waals surface area (Å²) in [6.07, 6.45) is 6.85. The minimum atomic E-state index is 0.275. The molecule has 0 atom stereocenters. The van der Waals surface area contributed by atoms with Crippen molar-refractivity contribution in [1.29, 1.82) is 0 Å². The van der Waals surface area contributed by atoms with Gasteiger partial charge in [0.05, 0.1) is 0 Å². The van der Waals surface area contributed by atoms with Crippen LogP contribution in [-0.4, -0.2) is 31.1 Å². The first-order chi connectivity index (χ1) is 9.83. The molecule has 1 aliphatic rings. The van der Waals surface area contributed by atoms with Crippen LogP contribution >= 0.6 is 11.3 Å². The van der Waals surface area contributed by atoms with E-state index in [0.29, 0.717) is 5.54 Å². The highest BCUT2D eigenvalue weighted by Crippen LogP contribution is 2.32. The second kappa shape index (κ2) is 6.80. The van der Waals surface area contributed by atoms with Gasteiger partial charge in [-0.1, -0.05) is 40.0 Å². The molecule has 1 aromatic heterocycles. The number of hydrogen-bond acceptors (Lipinski definition) is 3. The van der Waals surface area contributed by atoms with Crippen LogP contribution in [-0.2, 0) is 12.0 Å². The summed E-state index contributed by atoms with van der Waals surface area (Å²) in [4.78, 5) is 5.40. The summed E-state index contributed by atoms with van der Waals surface area (Å²) in [7, 11) is 4.49. The van der Waals surface area contributed by atoms with Gasteiger partial charge in [0.25, 0.3) is 0 Å². The smallest absolute Gasteiger partial charge is 0.0328 e. The second-order valence-corrected chi connectivity index (χ2v) is 8.97. The third-order valence-electron chi connectivity index (χ3n) is 4.89. The molecule has 0 aromatic carbocycles. The molecule has 0 saturated heterocycles. The Morgan fingerprint density at radius 2 is 1.81 bits per heavy atom. The molecular formula is C18H32N2S. The minimum absolute atomic E-state index is 0.275. The van der Waals surface area contributed by atoms with Gasteiger partial charge in [-0.15, -0.1) is 11.3 Å². The van der Waals surface area contributed by atoms with Crippen molar-refractivity contribution in [3.63, 3.8) is 0 Å². The fourth-order valence-electron chi connectivity index (χ4n) is 3.29. The zero-order chi connectivity index (χ0) is 15.5. The molecule has 120 valence electrons. The standard InChI is InChI=1S/C18H32N2S/c1-17(2,3)16-10-9-15(21-16)13-19-14-18(20(4)5)11-7-6-8-12-18/h9-10,19H,6-8,11-14H2,1-5H3. The zero-order valence-corrected chi connectivity index (χ0v) is 15.3. The van der Waals surface area contributed by atoms with Gasteiger partial charge in [-0.3, -0.25) is 0 Å². The van der Waals surface area contributed by atoms with E-state index in [4.69, 9.17) is 0 Å². The molecule has 1 N–H and O–H groups in total. The molecule has 2 rings (SSSR count). The lowest BCUT2D eigenvalue weighted by atomic mass is 9.80. The first kappa shape index (κ1) is 17.0. The van der Waals surface area contributed by atoms with Gasteiger partial charge >= 0.3 is 0 Å². The number of likely N-dealkylation sites (N-methyl/N-ethyl adjacent to an activating group) is 1. The molecule has 1 aromatic rings. The predicted molar refractivity (Wildman–Crippen MR) is 94.2 cm³/mol. The molecule has 1 heterocycles. The molecule has 2 nitrogen and oxygen atoms in total. The SMILES string of the molecule is CN(C)C1(CNCc2ccc(C(C)(C)C)s2)CCCCC1. The minimum Gasteiger partial charge on any atom is -0.310 e. The van der Waals surface area contributed by atoms with E-state index in [9.17, 15) is 0 Å². The summed E-state index contributed by atoms with van der Waals surface area (Å²) in [5.41, 5.74) is 0.652. The largest absolute Gasteiger partial charge is 0.310 e. The Kier molecular flexibility index (Phi) is 5.50. The molecule has 3 heteroatoms. The van der Waals surface area contributed by atoms with Gasteiger partial charge in [0.15, 0.2) is 0 Å². The van der Waals surface area contributed by atoms with Gasteiger partial charge in [0.2, 0.25) is 0 Å². The summed E-state index contributed by atoms with van der Waals surface area (Å²) in [6, 6.07) is 4.59. The topological polar surface area (TPSA) is 15.3 Å². The Bertz CT molecular complexity index is 436. The van der Waals surface area contributed by atoms with Crippen molar-refractivity contribution in [2.75, 3.05) is 20.6 Å². The van der Waals surface area contributed by atoms with Gasteiger partial charge in [-0.2, -0.15) is 0 Å². The van der Waals surface area contributed by atoms with Crippen LogP contribution in [0.4, 0.5) is 0 Å². The average molecular weight is 309 g/mol. The van der Waals surface area contributed by atoms with Crippen molar-refractivity contribution in [3.8, 4) is 0 Å². The average Bonchev–Trinajstić information content (AvgIpc) is 2.88. The number of nitrogens with zero attached hydrogens (tertiary/aromatic N) is 1. The van der Waals surface area contributed by atoms with E-state index < -0.39 is 0 Å². The predicted octanol–water partition coefficient (Wildman–Crippen LogP) is 4.40. The van der Waals surface area contributed by atoms with Crippen LogP contribution in [0.25, 0.3) is 0 Å². The van der Waals surface area contributed by atoms with Crippen molar-refractivity contribution >= 4 is 11.3 Å².